The Kier molecular flexibility index (Phi) is 6.81. The first-order valence-corrected chi connectivity index (χ1v) is 11.0. The smallest absolute Gasteiger partial charge is 0.261 e. The standard InChI is InChI=1S/C23H24N2O5S/c1-16-10-12-19(13-11-16)31(27,28)25-18-7-4-6-17(14-18)23(26)24-15-20-21(29-2)8-5-9-22(20)30-3/h4-14,25H,15H2,1-3H3,(H,24,26). The average molecular weight is 441 g/mol. The van der Waals surface area contributed by atoms with E-state index in [2.05, 4.69) is 10.0 Å². The predicted octanol–water partition coefficient (Wildman–Crippen LogP) is 3.74. The van der Waals surface area contributed by atoms with Crippen LogP contribution in [0, 0.1) is 6.92 Å². The molecular weight excluding hydrogens is 416 g/mol. The summed E-state index contributed by atoms with van der Waals surface area (Å²) in [6, 6.07) is 18.2. The number of ether oxygens (including phenoxy) is 2. The molecule has 0 aliphatic carbocycles. The molecule has 0 atom stereocenters. The van der Waals surface area contributed by atoms with E-state index in [1.165, 1.54) is 18.2 Å². The molecule has 0 bridgehead atoms. The Morgan fingerprint density at radius 1 is 0.903 bits per heavy atom. The van der Waals surface area contributed by atoms with E-state index in [4.69, 9.17) is 9.47 Å². The highest BCUT2D eigenvalue weighted by atomic mass is 32.2. The maximum atomic E-state index is 12.7. The molecule has 3 rings (SSSR count). The first-order valence-electron chi connectivity index (χ1n) is 9.51. The van der Waals surface area contributed by atoms with Crippen LogP contribution in [0.15, 0.2) is 71.6 Å². The number of nitrogens with one attached hydrogen (secondary N) is 2. The minimum atomic E-state index is -3.76. The van der Waals surface area contributed by atoms with Crippen molar-refractivity contribution in [2.75, 3.05) is 18.9 Å². The molecule has 1 amide bonds. The van der Waals surface area contributed by atoms with Crippen molar-refractivity contribution in [3.8, 4) is 11.5 Å². The summed E-state index contributed by atoms with van der Waals surface area (Å²) in [7, 11) is -0.670. The highest BCUT2D eigenvalue weighted by Crippen LogP contribution is 2.28. The molecule has 3 aromatic carbocycles. The van der Waals surface area contributed by atoms with Gasteiger partial charge in [0.1, 0.15) is 11.5 Å². The lowest BCUT2D eigenvalue weighted by molar-refractivity contribution is 0.0950. The Morgan fingerprint density at radius 2 is 1.52 bits per heavy atom. The fraction of sp³-hybridized carbons (Fsp3) is 0.174. The van der Waals surface area contributed by atoms with Crippen LogP contribution in [0.2, 0.25) is 0 Å². The molecule has 162 valence electrons. The highest BCUT2D eigenvalue weighted by molar-refractivity contribution is 7.92. The number of benzene rings is 3. The van der Waals surface area contributed by atoms with E-state index in [-0.39, 0.29) is 17.3 Å². The molecule has 0 fully saturated rings. The van der Waals surface area contributed by atoms with Crippen LogP contribution >= 0.6 is 0 Å². The molecule has 3 aromatic rings. The zero-order chi connectivity index (χ0) is 22.4. The van der Waals surface area contributed by atoms with Crippen LogP contribution < -0.4 is 19.5 Å². The van der Waals surface area contributed by atoms with Crippen LogP contribution in [-0.4, -0.2) is 28.5 Å². The molecule has 0 heterocycles. The largest absolute Gasteiger partial charge is 0.496 e. The maximum absolute atomic E-state index is 12.7. The van der Waals surface area contributed by atoms with Gasteiger partial charge in [0.2, 0.25) is 0 Å². The lowest BCUT2D eigenvalue weighted by Crippen LogP contribution is -2.23. The van der Waals surface area contributed by atoms with Crippen LogP contribution in [0.4, 0.5) is 5.69 Å². The normalized spacial score (nSPS) is 10.9. The predicted molar refractivity (Wildman–Crippen MR) is 119 cm³/mol. The number of hydrogen-bond acceptors (Lipinski definition) is 5. The van der Waals surface area contributed by atoms with Crippen molar-refractivity contribution in [1.82, 2.24) is 5.32 Å². The van der Waals surface area contributed by atoms with Crippen LogP contribution in [-0.2, 0) is 16.6 Å². The van der Waals surface area contributed by atoms with Crippen molar-refractivity contribution in [2.45, 2.75) is 18.4 Å². The summed E-state index contributed by atoms with van der Waals surface area (Å²) >= 11 is 0. The van der Waals surface area contributed by atoms with E-state index < -0.39 is 10.0 Å². The van der Waals surface area contributed by atoms with Crippen LogP contribution in [0.1, 0.15) is 21.5 Å². The van der Waals surface area contributed by atoms with E-state index in [0.29, 0.717) is 28.3 Å². The summed E-state index contributed by atoms with van der Waals surface area (Å²) in [4.78, 5) is 12.8. The zero-order valence-corrected chi connectivity index (χ0v) is 18.3. The zero-order valence-electron chi connectivity index (χ0n) is 17.5. The van der Waals surface area contributed by atoms with Crippen molar-refractivity contribution in [3.05, 3.63) is 83.4 Å². The van der Waals surface area contributed by atoms with Gasteiger partial charge < -0.3 is 14.8 Å². The first kappa shape index (κ1) is 22.2. The highest BCUT2D eigenvalue weighted by Gasteiger charge is 2.16. The van der Waals surface area contributed by atoms with Crippen LogP contribution in [0.25, 0.3) is 0 Å². The topological polar surface area (TPSA) is 93.7 Å². The maximum Gasteiger partial charge on any atom is 0.261 e. The molecule has 0 radical (unpaired) electrons. The number of aryl methyl sites for hydroxylation is 1. The molecule has 2 N–H and O–H groups in total. The summed E-state index contributed by atoms with van der Waals surface area (Å²) in [6.07, 6.45) is 0. The van der Waals surface area contributed by atoms with Gasteiger partial charge in [-0.2, -0.15) is 0 Å². The van der Waals surface area contributed by atoms with Gasteiger partial charge in [-0.3, -0.25) is 9.52 Å². The van der Waals surface area contributed by atoms with E-state index >= 15 is 0 Å². The summed E-state index contributed by atoms with van der Waals surface area (Å²) in [5.41, 5.74) is 2.28. The van der Waals surface area contributed by atoms with Gasteiger partial charge in [0.25, 0.3) is 15.9 Å². The monoisotopic (exact) mass is 440 g/mol. The molecule has 0 saturated heterocycles. The molecule has 31 heavy (non-hydrogen) atoms. The van der Waals surface area contributed by atoms with Gasteiger partial charge in [-0.05, 0) is 49.4 Å². The molecule has 0 unspecified atom stereocenters. The van der Waals surface area contributed by atoms with Crippen molar-refractivity contribution in [2.24, 2.45) is 0 Å². The molecule has 7 nitrogen and oxygen atoms in total. The third-order valence-electron chi connectivity index (χ3n) is 4.66. The van der Waals surface area contributed by atoms with Crippen molar-refractivity contribution >= 4 is 21.6 Å². The van der Waals surface area contributed by atoms with Gasteiger partial charge in [0, 0.05) is 11.3 Å². The number of methoxy groups -OCH3 is 2. The quantitative estimate of drug-likeness (QED) is 0.557. The SMILES string of the molecule is COc1cccc(OC)c1CNC(=O)c1cccc(NS(=O)(=O)c2ccc(C)cc2)c1. The summed E-state index contributed by atoms with van der Waals surface area (Å²) in [6.45, 7) is 2.07. The average Bonchev–Trinajstić information content (AvgIpc) is 2.77. The number of anilines is 1. The second-order valence-electron chi connectivity index (χ2n) is 6.82. The van der Waals surface area contributed by atoms with Gasteiger partial charge >= 0.3 is 0 Å². The fourth-order valence-corrected chi connectivity index (χ4v) is 4.08. The number of amides is 1. The molecule has 0 aliphatic heterocycles. The summed E-state index contributed by atoms with van der Waals surface area (Å²) < 4.78 is 38.4. The van der Waals surface area contributed by atoms with Gasteiger partial charge in [0.15, 0.2) is 0 Å². The second-order valence-corrected chi connectivity index (χ2v) is 8.51. The molecule has 8 heteroatoms. The minimum absolute atomic E-state index is 0.149. The van der Waals surface area contributed by atoms with E-state index in [1.807, 2.05) is 6.92 Å². The number of hydrogen-bond donors (Lipinski definition) is 2. The Morgan fingerprint density at radius 3 is 2.13 bits per heavy atom. The third-order valence-corrected chi connectivity index (χ3v) is 6.06. The van der Waals surface area contributed by atoms with Gasteiger partial charge in [-0.25, -0.2) is 8.42 Å². The lowest BCUT2D eigenvalue weighted by Gasteiger charge is -2.14. The Labute approximate surface area is 182 Å². The minimum Gasteiger partial charge on any atom is -0.496 e. The summed E-state index contributed by atoms with van der Waals surface area (Å²) in [5.74, 6) is 0.836. The van der Waals surface area contributed by atoms with Gasteiger partial charge in [0.05, 0.1) is 31.2 Å². The molecule has 0 aliphatic rings. The van der Waals surface area contributed by atoms with E-state index in [0.717, 1.165) is 5.56 Å². The Hall–Kier alpha value is -3.52. The number of carbonyl (C=O) groups excluding carboxylic acids is 1. The van der Waals surface area contributed by atoms with Crippen LogP contribution in [0.3, 0.4) is 0 Å². The van der Waals surface area contributed by atoms with E-state index in [1.54, 1.807) is 62.8 Å². The summed E-state index contributed by atoms with van der Waals surface area (Å²) in [5, 5.41) is 2.82. The van der Waals surface area contributed by atoms with Crippen molar-refractivity contribution in [1.29, 1.82) is 0 Å². The van der Waals surface area contributed by atoms with Gasteiger partial charge in [-0.15, -0.1) is 0 Å². The number of carbonyl (C=O) groups is 1. The first-order chi connectivity index (χ1) is 14.8. The van der Waals surface area contributed by atoms with Crippen molar-refractivity contribution in [3.63, 3.8) is 0 Å². The number of sulfonamides is 1. The van der Waals surface area contributed by atoms with Crippen molar-refractivity contribution < 1.29 is 22.7 Å². The fourth-order valence-electron chi connectivity index (χ4n) is 3.03. The lowest BCUT2D eigenvalue weighted by atomic mass is 10.1. The molecule has 0 spiro atoms. The Bertz CT molecular complexity index is 1150. The Balaban J connectivity index is 1.74. The van der Waals surface area contributed by atoms with Crippen LogP contribution in [0.5, 0.6) is 11.5 Å². The molecular formula is C23H24N2O5S. The second kappa shape index (κ2) is 9.53. The third kappa shape index (κ3) is 5.35. The number of rotatable bonds is 8. The molecule has 0 aromatic heterocycles. The molecule has 0 saturated carbocycles. The van der Waals surface area contributed by atoms with E-state index in [9.17, 15) is 13.2 Å². The van der Waals surface area contributed by atoms with Gasteiger partial charge in [-0.1, -0.05) is 29.8 Å².